The molecule has 5 rings (SSSR count). The highest BCUT2D eigenvalue weighted by molar-refractivity contribution is 7.10. The molecular formula is C25H23N3O2S. The van der Waals surface area contributed by atoms with Crippen molar-refractivity contribution in [3.05, 3.63) is 106 Å². The molecule has 156 valence electrons. The fourth-order valence-corrected chi connectivity index (χ4v) is 5.00. The van der Waals surface area contributed by atoms with E-state index in [2.05, 4.69) is 45.7 Å². The van der Waals surface area contributed by atoms with E-state index in [-0.39, 0.29) is 12.1 Å². The minimum absolute atomic E-state index is 0.0920. The van der Waals surface area contributed by atoms with E-state index in [1.165, 1.54) is 0 Å². The van der Waals surface area contributed by atoms with Gasteiger partial charge in [0.15, 0.2) is 0 Å². The van der Waals surface area contributed by atoms with Crippen molar-refractivity contribution in [1.82, 2.24) is 14.8 Å². The summed E-state index contributed by atoms with van der Waals surface area (Å²) in [6.45, 7) is 0.969. The molecule has 1 unspecified atom stereocenters. The normalized spacial score (nSPS) is 15.0. The van der Waals surface area contributed by atoms with Gasteiger partial charge in [0, 0.05) is 17.6 Å². The first-order valence-electron chi connectivity index (χ1n) is 10.2. The zero-order valence-corrected chi connectivity index (χ0v) is 18.0. The van der Waals surface area contributed by atoms with Crippen LogP contribution >= 0.6 is 11.3 Å². The maximum Gasteiger partial charge on any atom is 0.318 e. The lowest BCUT2D eigenvalue weighted by atomic mass is 10.1. The Morgan fingerprint density at radius 3 is 2.84 bits per heavy atom. The predicted octanol–water partition coefficient (Wildman–Crippen LogP) is 5.36. The smallest absolute Gasteiger partial charge is 0.318 e. The van der Waals surface area contributed by atoms with Gasteiger partial charge in [-0.05, 0) is 52.9 Å². The molecule has 0 aliphatic carbocycles. The number of para-hydroxylation sites is 1. The molecule has 1 aliphatic heterocycles. The number of rotatable bonds is 4. The van der Waals surface area contributed by atoms with Crippen molar-refractivity contribution in [2.24, 2.45) is 0 Å². The highest BCUT2D eigenvalue weighted by Crippen LogP contribution is 2.38. The van der Waals surface area contributed by atoms with Crippen molar-refractivity contribution in [2.75, 3.05) is 7.11 Å². The number of amides is 2. The van der Waals surface area contributed by atoms with Crippen LogP contribution in [0.5, 0.6) is 5.75 Å². The van der Waals surface area contributed by atoms with Gasteiger partial charge < -0.3 is 19.5 Å². The molecule has 2 aromatic heterocycles. The Morgan fingerprint density at radius 2 is 2.00 bits per heavy atom. The standard InChI is InChI=1S/C25H23N3O2S/c1-30-20-9-4-7-18(15-20)16-26-25(29)28-17-19-8-2-3-10-21(19)27-13-5-11-22(27)24(28)23-12-6-14-31-23/h2-15,24H,16-17H2,1H3,(H,26,29). The summed E-state index contributed by atoms with van der Waals surface area (Å²) in [6.07, 6.45) is 2.08. The lowest BCUT2D eigenvalue weighted by Gasteiger charge is -2.30. The van der Waals surface area contributed by atoms with E-state index in [0.717, 1.165) is 33.1 Å². The first kappa shape index (κ1) is 19.5. The van der Waals surface area contributed by atoms with Gasteiger partial charge in [0.05, 0.1) is 25.0 Å². The minimum Gasteiger partial charge on any atom is -0.497 e. The number of aromatic nitrogens is 1. The number of thiophene rings is 1. The number of hydrogen-bond donors (Lipinski definition) is 1. The van der Waals surface area contributed by atoms with Gasteiger partial charge in [-0.2, -0.15) is 0 Å². The molecule has 0 radical (unpaired) electrons. The first-order chi connectivity index (χ1) is 15.2. The van der Waals surface area contributed by atoms with Crippen LogP contribution in [-0.2, 0) is 13.1 Å². The van der Waals surface area contributed by atoms with E-state index in [1.54, 1.807) is 18.4 Å². The van der Waals surface area contributed by atoms with Gasteiger partial charge in [0.25, 0.3) is 0 Å². The van der Waals surface area contributed by atoms with Gasteiger partial charge in [-0.1, -0.05) is 36.4 Å². The van der Waals surface area contributed by atoms with Crippen LogP contribution in [0.2, 0.25) is 0 Å². The van der Waals surface area contributed by atoms with Gasteiger partial charge >= 0.3 is 6.03 Å². The van der Waals surface area contributed by atoms with Crippen molar-refractivity contribution in [2.45, 2.75) is 19.1 Å². The Kier molecular flexibility index (Phi) is 5.22. The maximum atomic E-state index is 13.5. The quantitative estimate of drug-likeness (QED) is 0.475. The largest absolute Gasteiger partial charge is 0.497 e. The Labute approximate surface area is 185 Å². The second-order valence-electron chi connectivity index (χ2n) is 7.49. The average molecular weight is 430 g/mol. The van der Waals surface area contributed by atoms with Gasteiger partial charge in [0.2, 0.25) is 0 Å². The lowest BCUT2D eigenvalue weighted by molar-refractivity contribution is 0.181. The Balaban J connectivity index is 1.50. The van der Waals surface area contributed by atoms with Crippen LogP contribution in [0.25, 0.3) is 5.69 Å². The summed E-state index contributed by atoms with van der Waals surface area (Å²) in [6, 6.07) is 24.1. The molecule has 6 heteroatoms. The van der Waals surface area contributed by atoms with Gasteiger partial charge in [-0.25, -0.2) is 4.79 Å². The molecule has 0 spiro atoms. The van der Waals surface area contributed by atoms with Crippen LogP contribution in [-0.4, -0.2) is 22.6 Å². The van der Waals surface area contributed by atoms with Crippen LogP contribution in [0.4, 0.5) is 4.79 Å². The topological polar surface area (TPSA) is 46.5 Å². The fourth-order valence-electron chi connectivity index (χ4n) is 4.15. The molecule has 0 saturated heterocycles. The number of ether oxygens (including phenoxy) is 1. The molecule has 5 nitrogen and oxygen atoms in total. The number of nitrogens with zero attached hydrogens (tertiary/aromatic N) is 2. The van der Waals surface area contributed by atoms with E-state index < -0.39 is 0 Å². The molecule has 2 aromatic carbocycles. The molecule has 2 amide bonds. The summed E-state index contributed by atoms with van der Waals surface area (Å²) in [4.78, 5) is 16.6. The zero-order chi connectivity index (χ0) is 21.2. The van der Waals surface area contributed by atoms with E-state index in [4.69, 9.17) is 4.74 Å². The average Bonchev–Trinajstić information content (AvgIpc) is 3.49. The minimum atomic E-state index is -0.160. The number of benzene rings is 2. The molecule has 1 aliphatic rings. The zero-order valence-electron chi connectivity index (χ0n) is 17.2. The molecule has 1 atom stereocenters. The van der Waals surface area contributed by atoms with Crippen molar-refractivity contribution in [1.29, 1.82) is 0 Å². The molecule has 0 fully saturated rings. The van der Waals surface area contributed by atoms with E-state index >= 15 is 0 Å². The summed E-state index contributed by atoms with van der Waals surface area (Å²) in [5, 5.41) is 5.18. The highest BCUT2D eigenvalue weighted by atomic mass is 32.1. The van der Waals surface area contributed by atoms with Crippen molar-refractivity contribution in [3.8, 4) is 11.4 Å². The molecule has 31 heavy (non-hydrogen) atoms. The summed E-state index contributed by atoms with van der Waals surface area (Å²) in [7, 11) is 1.65. The molecule has 0 bridgehead atoms. The Morgan fingerprint density at radius 1 is 1.10 bits per heavy atom. The number of hydrogen-bond acceptors (Lipinski definition) is 3. The third kappa shape index (κ3) is 3.70. The van der Waals surface area contributed by atoms with Crippen LogP contribution in [0, 0.1) is 0 Å². The molecule has 3 heterocycles. The summed E-state index contributed by atoms with van der Waals surface area (Å²) < 4.78 is 7.51. The van der Waals surface area contributed by atoms with Crippen LogP contribution in [0.15, 0.2) is 84.4 Å². The Bertz CT molecular complexity index is 1200. The molecular weight excluding hydrogens is 406 g/mol. The maximum absolute atomic E-state index is 13.5. The van der Waals surface area contributed by atoms with Crippen LogP contribution in [0.3, 0.4) is 0 Å². The van der Waals surface area contributed by atoms with Gasteiger partial charge in [0.1, 0.15) is 11.8 Å². The Hall–Kier alpha value is -3.51. The van der Waals surface area contributed by atoms with Gasteiger partial charge in [-0.3, -0.25) is 0 Å². The first-order valence-corrected chi connectivity index (χ1v) is 11.1. The molecule has 4 aromatic rings. The van der Waals surface area contributed by atoms with E-state index in [1.807, 2.05) is 53.4 Å². The lowest BCUT2D eigenvalue weighted by Crippen LogP contribution is -2.41. The van der Waals surface area contributed by atoms with E-state index in [0.29, 0.717) is 13.1 Å². The number of carbonyl (C=O) groups excluding carboxylic acids is 1. The third-order valence-electron chi connectivity index (χ3n) is 5.62. The monoisotopic (exact) mass is 429 g/mol. The van der Waals surface area contributed by atoms with E-state index in [9.17, 15) is 4.79 Å². The summed E-state index contributed by atoms with van der Waals surface area (Å²) in [5.74, 6) is 0.782. The van der Waals surface area contributed by atoms with Crippen molar-refractivity contribution < 1.29 is 9.53 Å². The second-order valence-corrected chi connectivity index (χ2v) is 8.47. The SMILES string of the molecule is COc1cccc(CNC(=O)N2Cc3ccccc3-n3cccc3C2c2cccs2)c1. The van der Waals surface area contributed by atoms with Crippen LogP contribution < -0.4 is 10.1 Å². The van der Waals surface area contributed by atoms with Crippen molar-refractivity contribution in [3.63, 3.8) is 0 Å². The molecule has 0 saturated carbocycles. The number of fused-ring (bicyclic) bond motifs is 3. The summed E-state index contributed by atoms with van der Waals surface area (Å²) >= 11 is 1.67. The highest BCUT2D eigenvalue weighted by Gasteiger charge is 2.33. The summed E-state index contributed by atoms with van der Waals surface area (Å²) in [5.41, 5.74) is 4.32. The molecule has 1 N–H and O–H groups in total. The van der Waals surface area contributed by atoms with Gasteiger partial charge in [-0.15, -0.1) is 11.3 Å². The van der Waals surface area contributed by atoms with Crippen LogP contribution in [0.1, 0.15) is 27.7 Å². The predicted molar refractivity (Wildman–Crippen MR) is 123 cm³/mol. The second kappa shape index (κ2) is 8.32. The number of urea groups is 1. The number of methoxy groups -OCH3 is 1. The fraction of sp³-hybridized carbons (Fsp3) is 0.160. The third-order valence-corrected chi connectivity index (χ3v) is 6.54. The van der Waals surface area contributed by atoms with Crippen molar-refractivity contribution >= 4 is 17.4 Å². The number of nitrogens with one attached hydrogen (secondary N) is 1. The number of carbonyl (C=O) groups is 1.